The average Bonchev–Trinajstić information content (AvgIpc) is 2.89. The van der Waals surface area contributed by atoms with Crippen molar-refractivity contribution in [3.05, 3.63) is 24.3 Å². The van der Waals surface area contributed by atoms with E-state index < -0.39 is 33.3 Å². The second-order valence-electron chi connectivity index (χ2n) is 9.22. The molecule has 3 rings (SSSR count). The Morgan fingerprint density at radius 1 is 1.03 bits per heavy atom. The molecule has 0 radical (unpaired) electrons. The first kappa shape index (κ1) is 35.5. The van der Waals surface area contributed by atoms with Gasteiger partial charge in [0.1, 0.15) is 5.75 Å². The average molecular weight is 626 g/mol. The fourth-order valence-electron chi connectivity index (χ4n) is 4.71. The highest BCUT2D eigenvalue weighted by Crippen LogP contribution is 2.34. The number of alkyl halides is 3. The molecule has 16 heteroatoms. The highest BCUT2D eigenvalue weighted by molar-refractivity contribution is 7.91. The molecule has 1 amide bonds. The van der Waals surface area contributed by atoms with Gasteiger partial charge in [0.2, 0.25) is 10.0 Å². The summed E-state index contributed by atoms with van der Waals surface area (Å²) in [4.78, 5) is 16.7. The lowest BCUT2D eigenvalue weighted by molar-refractivity contribution is -0.136. The van der Waals surface area contributed by atoms with E-state index in [1.807, 2.05) is 9.80 Å². The minimum Gasteiger partial charge on any atom is -0.494 e. The van der Waals surface area contributed by atoms with Gasteiger partial charge in [-0.3, -0.25) is 10.0 Å². The molecule has 39 heavy (non-hydrogen) atoms. The topological polar surface area (TPSA) is 112 Å². The summed E-state index contributed by atoms with van der Waals surface area (Å²) in [5, 5.41) is 9.35. The maximum Gasteiger partial charge on any atom is 0.389 e. The van der Waals surface area contributed by atoms with Gasteiger partial charge in [-0.2, -0.15) is 17.5 Å². The van der Waals surface area contributed by atoms with E-state index in [2.05, 4.69) is 0 Å². The number of piperidine rings is 1. The van der Waals surface area contributed by atoms with Crippen molar-refractivity contribution in [2.45, 2.75) is 36.6 Å². The predicted octanol–water partition coefficient (Wildman–Crippen LogP) is 2.69. The number of halogens is 5. The normalized spacial score (nSPS) is 18.5. The van der Waals surface area contributed by atoms with Gasteiger partial charge >= 0.3 is 6.18 Å². The van der Waals surface area contributed by atoms with E-state index >= 15 is 0 Å². The summed E-state index contributed by atoms with van der Waals surface area (Å²) in [6.07, 6.45) is -5.09. The predicted molar refractivity (Wildman–Crippen MR) is 145 cm³/mol. The first-order valence-electron chi connectivity index (χ1n) is 12.2. The van der Waals surface area contributed by atoms with Crippen molar-refractivity contribution >= 4 is 46.4 Å². The zero-order valence-corrected chi connectivity index (χ0v) is 24.1. The number of likely N-dealkylation sites (tertiary alicyclic amines) is 1. The number of carbonyl (C=O) groups excluding carboxylic acids is 1. The molecular formula is C23H37Cl2F3N4O6S. The lowest BCUT2D eigenvalue weighted by Gasteiger charge is -2.44. The summed E-state index contributed by atoms with van der Waals surface area (Å²) in [7, 11) is -2.48. The van der Waals surface area contributed by atoms with Crippen molar-refractivity contribution in [2.24, 2.45) is 0 Å². The lowest BCUT2D eigenvalue weighted by atomic mass is 9.95. The van der Waals surface area contributed by atoms with Gasteiger partial charge in [0.25, 0.3) is 5.91 Å². The second-order valence-corrected chi connectivity index (χ2v) is 11.5. The maximum atomic E-state index is 13.7. The van der Waals surface area contributed by atoms with Crippen LogP contribution < -0.4 is 15.1 Å². The van der Waals surface area contributed by atoms with Gasteiger partial charge in [0.05, 0.1) is 13.2 Å². The number of sulfonamides is 1. The number of carbonyl (C=O) groups is 1. The van der Waals surface area contributed by atoms with Gasteiger partial charge in [0, 0.05) is 65.0 Å². The van der Waals surface area contributed by atoms with Crippen molar-refractivity contribution in [3.8, 4) is 5.75 Å². The Kier molecular flexibility index (Phi) is 14.1. The lowest BCUT2D eigenvalue weighted by Crippen LogP contribution is -2.63. The molecule has 2 fully saturated rings. The first-order valence-corrected chi connectivity index (χ1v) is 13.7. The Balaban J connectivity index is 0.00000380. The van der Waals surface area contributed by atoms with Crippen molar-refractivity contribution in [1.82, 2.24) is 14.7 Å². The second kappa shape index (κ2) is 15.5. The van der Waals surface area contributed by atoms with Gasteiger partial charge in [-0.25, -0.2) is 13.9 Å². The quantitative estimate of drug-likeness (QED) is 0.220. The number of hydrogen-bond donors (Lipinski definition) is 2. The van der Waals surface area contributed by atoms with Crippen LogP contribution in [0.4, 0.5) is 18.9 Å². The molecule has 0 unspecified atom stereocenters. The number of nitrogens with one attached hydrogen (secondary N) is 1. The van der Waals surface area contributed by atoms with Crippen LogP contribution in [0.1, 0.15) is 25.7 Å². The number of piperazine rings is 1. The Morgan fingerprint density at radius 3 is 2.13 bits per heavy atom. The van der Waals surface area contributed by atoms with Crippen LogP contribution >= 0.6 is 24.8 Å². The number of rotatable bonds is 11. The molecule has 0 spiro atoms. The van der Waals surface area contributed by atoms with E-state index in [0.29, 0.717) is 45.1 Å². The molecule has 2 saturated heterocycles. The van der Waals surface area contributed by atoms with E-state index in [0.717, 1.165) is 5.69 Å². The summed E-state index contributed by atoms with van der Waals surface area (Å²) >= 11 is 0. The molecular weight excluding hydrogens is 588 g/mol. The molecule has 0 saturated carbocycles. The molecule has 2 aliphatic heterocycles. The fourth-order valence-corrected chi connectivity index (χ4v) is 6.83. The highest BCUT2D eigenvalue weighted by atomic mass is 35.5. The van der Waals surface area contributed by atoms with Crippen LogP contribution in [-0.4, -0.2) is 106 Å². The zero-order chi connectivity index (χ0) is 27.1. The van der Waals surface area contributed by atoms with E-state index in [-0.39, 0.29) is 63.8 Å². The van der Waals surface area contributed by atoms with Gasteiger partial charge in [-0.05, 0) is 43.5 Å². The van der Waals surface area contributed by atoms with Crippen LogP contribution in [0.15, 0.2) is 24.3 Å². The Morgan fingerprint density at radius 2 is 1.62 bits per heavy atom. The summed E-state index contributed by atoms with van der Waals surface area (Å²) in [5.41, 5.74) is 2.41. The molecule has 1 aromatic carbocycles. The molecule has 10 nitrogen and oxygen atoms in total. The number of hydrogen-bond acceptors (Lipinski definition) is 8. The van der Waals surface area contributed by atoms with Crippen LogP contribution in [0.3, 0.4) is 0 Å². The molecule has 2 heterocycles. The van der Waals surface area contributed by atoms with E-state index in [1.165, 1.54) is 4.31 Å². The third kappa shape index (κ3) is 8.97. The van der Waals surface area contributed by atoms with Crippen molar-refractivity contribution in [2.75, 3.05) is 71.0 Å². The number of benzene rings is 1. The van der Waals surface area contributed by atoms with Crippen LogP contribution in [-0.2, 0) is 19.6 Å². The van der Waals surface area contributed by atoms with Gasteiger partial charge in [-0.15, -0.1) is 24.8 Å². The Bertz CT molecular complexity index is 989. The molecule has 0 atom stereocenters. The Hall–Kier alpha value is -1.55. The van der Waals surface area contributed by atoms with Crippen molar-refractivity contribution in [1.29, 1.82) is 0 Å². The number of nitrogens with zero attached hydrogens (tertiary/aromatic N) is 3. The molecule has 226 valence electrons. The third-order valence-corrected chi connectivity index (χ3v) is 9.56. The zero-order valence-electron chi connectivity index (χ0n) is 21.7. The van der Waals surface area contributed by atoms with Crippen molar-refractivity contribution < 1.29 is 41.1 Å². The van der Waals surface area contributed by atoms with Gasteiger partial charge in [-0.1, -0.05) is 0 Å². The first-order chi connectivity index (χ1) is 17.5. The maximum absolute atomic E-state index is 13.7. The number of methoxy groups -OCH3 is 1. The largest absolute Gasteiger partial charge is 0.494 e. The minimum absolute atomic E-state index is 0. The summed E-state index contributed by atoms with van der Waals surface area (Å²) in [5.74, 6) is -0.451. The fraction of sp³-hybridized carbons (Fsp3) is 0.696. The smallest absolute Gasteiger partial charge is 0.389 e. The van der Waals surface area contributed by atoms with Crippen LogP contribution in [0.5, 0.6) is 5.75 Å². The molecule has 2 aliphatic rings. The van der Waals surface area contributed by atoms with E-state index in [9.17, 15) is 31.6 Å². The molecule has 0 bridgehead atoms. The number of ether oxygens (including phenoxy) is 2. The van der Waals surface area contributed by atoms with Gasteiger partial charge < -0.3 is 19.3 Å². The molecule has 0 aromatic heterocycles. The van der Waals surface area contributed by atoms with Gasteiger partial charge in [0.15, 0.2) is 4.75 Å². The number of anilines is 1. The van der Waals surface area contributed by atoms with Crippen LogP contribution in [0, 0.1) is 0 Å². The highest BCUT2D eigenvalue weighted by Gasteiger charge is 2.55. The summed E-state index contributed by atoms with van der Waals surface area (Å²) in [6.45, 7) is 2.99. The van der Waals surface area contributed by atoms with Crippen molar-refractivity contribution in [3.63, 3.8) is 0 Å². The monoisotopic (exact) mass is 624 g/mol. The molecule has 0 aliphatic carbocycles. The summed E-state index contributed by atoms with van der Waals surface area (Å²) < 4.78 is 74.1. The van der Waals surface area contributed by atoms with Crippen LogP contribution in [0.25, 0.3) is 0 Å². The SMILES string of the molecule is COCCN1CCC(C(=O)NO)(S(=O)(=O)N2CCN(c3ccc(OCCCC(F)(F)F)cc3)CC2)CC1.Cl.Cl. The van der Waals surface area contributed by atoms with E-state index in [4.69, 9.17) is 9.47 Å². The number of hydroxylamine groups is 1. The Labute approximate surface area is 239 Å². The number of amides is 1. The minimum atomic E-state index is -4.20. The van der Waals surface area contributed by atoms with Crippen LogP contribution in [0.2, 0.25) is 0 Å². The standard InChI is InChI=1S/C23H35F3N4O6S.2ClH/c1-35-18-16-28-10-8-22(9-11-28,21(31)27-32)37(33,34)30-14-12-29(13-15-30)19-3-5-20(6-4-19)36-17-2-7-23(24,25)26;;/h3-6,32H,2,7-18H2,1H3,(H,27,31);2*1H. The summed E-state index contributed by atoms with van der Waals surface area (Å²) in [6, 6.07) is 6.90. The molecule has 2 N–H and O–H groups in total. The van der Waals surface area contributed by atoms with E-state index in [1.54, 1.807) is 36.9 Å². The molecule has 1 aromatic rings. The third-order valence-electron chi connectivity index (χ3n) is 6.94.